The number of nitrogens with one attached hydrogen (secondary N) is 1. The maximum atomic E-state index is 12.5. The summed E-state index contributed by atoms with van der Waals surface area (Å²) in [6.45, 7) is 7.28. The predicted octanol–water partition coefficient (Wildman–Crippen LogP) is 4.42. The summed E-state index contributed by atoms with van der Waals surface area (Å²) in [6, 6.07) is 14.4. The molecule has 24 heavy (non-hydrogen) atoms. The summed E-state index contributed by atoms with van der Waals surface area (Å²) in [5.74, 6) is 0. The fraction of sp³-hybridized carbons (Fsp3) is 0.316. The fourth-order valence-electron chi connectivity index (χ4n) is 2.84. The van der Waals surface area contributed by atoms with Crippen molar-refractivity contribution in [2.45, 2.75) is 13.8 Å². The maximum absolute atomic E-state index is 12.5. The molecule has 1 aliphatic rings. The van der Waals surface area contributed by atoms with Crippen LogP contribution in [0.25, 0.3) is 0 Å². The Hall–Kier alpha value is -2.01. The van der Waals surface area contributed by atoms with E-state index >= 15 is 0 Å². The standard InChI is InChI=1S/C19H22BrN3O/c1-14-3-6-16(7-4-14)22-9-11-23(12-10-22)19(24)21-18-8-5-15(2)13-17(18)20/h3-8,13H,9-12H2,1-2H3,(H,21,24). The van der Waals surface area contributed by atoms with Crippen molar-refractivity contribution >= 4 is 33.3 Å². The lowest BCUT2D eigenvalue weighted by molar-refractivity contribution is 0.208. The van der Waals surface area contributed by atoms with Gasteiger partial charge in [-0.3, -0.25) is 0 Å². The van der Waals surface area contributed by atoms with Crippen LogP contribution in [0.1, 0.15) is 11.1 Å². The van der Waals surface area contributed by atoms with E-state index < -0.39 is 0 Å². The van der Waals surface area contributed by atoms with Gasteiger partial charge in [0.15, 0.2) is 0 Å². The molecule has 1 N–H and O–H groups in total. The molecule has 2 amide bonds. The van der Waals surface area contributed by atoms with Gasteiger partial charge in [-0.15, -0.1) is 0 Å². The molecule has 1 aliphatic heterocycles. The molecule has 126 valence electrons. The second-order valence-electron chi connectivity index (χ2n) is 6.22. The van der Waals surface area contributed by atoms with E-state index in [-0.39, 0.29) is 6.03 Å². The number of rotatable bonds is 2. The Labute approximate surface area is 151 Å². The molecule has 0 radical (unpaired) electrons. The Kier molecular flexibility index (Phi) is 5.09. The van der Waals surface area contributed by atoms with Crippen LogP contribution >= 0.6 is 15.9 Å². The molecule has 0 atom stereocenters. The molecule has 0 aliphatic carbocycles. The number of aryl methyl sites for hydroxylation is 2. The molecule has 1 fully saturated rings. The van der Waals surface area contributed by atoms with Gasteiger partial charge in [0.25, 0.3) is 0 Å². The van der Waals surface area contributed by atoms with Crippen molar-refractivity contribution in [2.24, 2.45) is 0 Å². The molecule has 0 bridgehead atoms. The second kappa shape index (κ2) is 7.26. The summed E-state index contributed by atoms with van der Waals surface area (Å²) in [7, 11) is 0. The normalized spacial score (nSPS) is 14.6. The van der Waals surface area contributed by atoms with Gasteiger partial charge < -0.3 is 15.1 Å². The third-order valence-corrected chi connectivity index (χ3v) is 4.99. The number of halogens is 1. The van der Waals surface area contributed by atoms with Crippen molar-refractivity contribution in [1.29, 1.82) is 0 Å². The molecule has 0 aromatic heterocycles. The van der Waals surface area contributed by atoms with Crippen molar-refractivity contribution in [3.8, 4) is 0 Å². The number of carbonyl (C=O) groups excluding carboxylic acids is 1. The summed E-state index contributed by atoms with van der Waals surface area (Å²) in [5, 5.41) is 2.99. The van der Waals surface area contributed by atoms with Crippen LogP contribution in [0.3, 0.4) is 0 Å². The van der Waals surface area contributed by atoms with Gasteiger partial charge in [-0.2, -0.15) is 0 Å². The van der Waals surface area contributed by atoms with E-state index in [1.807, 2.05) is 30.0 Å². The number of benzene rings is 2. The minimum absolute atomic E-state index is 0.0388. The van der Waals surface area contributed by atoms with Gasteiger partial charge in [0.2, 0.25) is 0 Å². The van der Waals surface area contributed by atoms with Crippen molar-refractivity contribution in [3.05, 3.63) is 58.1 Å². The van der Waals surface area contributed by atoms with Gasteiger partial charge >= 0.3 is 6.03 Å². The van der Waals surface area contributed by atoms with Crippen LogP contribution in [-0.2, 0) is 0 Å². The summed E-state index contributed by atoms with van der Waals surface area (Å²) in [5.41, 5.74) is 4.46. The maximum Gasteiger partial charge on any atom is 0.321 e. The summed E-state index contributed by atoms with van der Waals surface area (Å²) >= 11 is 3.50. The van der Waals surface area contributed by atoms with Crippen molar-refractivity contribution < 1.29 is 4.79 Å². The summed E-state index contributed by atoms with van der Waals surface area (Å²) in [6.07, 6.45) is 0. The van der Waals surface area contributed by atoms with E-state index in [0.29, 0.717) is 0 Å². The summed E-state index contributed by atoms with van der Waals surface area (Å²) in [4.78, 5) is 16.7. The lowest BCUT2D eigenvalue weighted by atomic mass is 10.2. The first-order valence-corrected chi connectivity index (χ1v) is 8.96. The Morgan fingerprint density at radius 2 is 1.58 bits per heavy atom. The lowest BCUT2D eigenvalue weighted by Crippen LogP contribution is -2.50. The van der Waals surface area contributed by atoms with Crippen LogP contribution in [0, 0.1) is 13.8 Å². The smallest absolute Gasteiger partial charge is 0.321 e. The molecule has 0 spiro atoms. The van der Waals surface area contributed by atoms with Crippen molar-refractivity contribution in [2.75, 3.05) is 36.4 Å². The molecular formula is C19H22BrN3O. The monoisotopic (exact) mass is 387 g/mol. The first kappa shape index (κ1) is 16.8. The molecule has 1 heterocycles. The molecule has 5 heteroatoms. The third-order valence-electron chi connectivity index (χ3n) is 4.33. The van der Waals surface area contributed by atoms with Gasteiger partial charge in [0.1, 0.15) is 0 Å². The first-order chi connectivity index (χ1) is 11.5. The lowest BCUT2D eigenvalue weighted by Gasteiger charge is -2.36. The fourth-order valence-corrected chi connectivity index (χ4v) is 3.43. The number of hydrogen-bond acceptors (Lipinski definition) is 2. The molecular weight excluding hydrogens is 366 g/mol. The quantitative estimate of drug-likeness (QED) is 0.827. The van der Waals surface area contributed by atoms with Crippen LogP contribution in [0.2, 0.25) is 0 Å². The number of hydrogen-bond donors (Lipinski definition) is 1. The minimum atomic E-state index is -0.0388. The topological polar surface area (TPSA) is 35.6 Å². The van der Waals surface area contributed by atoms with Gasteiger partial charge in [-0.1, -0.05) is 23.8 Å². The van der Waals surface area contributed by atoms with E-state index in [0.717, 1.165) is 41.9 Å². The SMILES string of the molecule is Cc1ccc(N2CCN(C(=O)Nc3ccc(C)cc3Br)CC2)cc1. The second-order valence-corrected chi connectivity index (χ2v) is 7.08. The highest BCUT2D eigenvalue weighted by Gasteiger charge is 2.21. The highest BCUT2D eigenvalue weighted by atomic mass is 79.9. The number of carbonyl (C=O) groups is 1. The first-order valence-electron chi connectivity index (χ1n) is 8.16. The Morgan fingerprint density at radius 1 is 0.958 bits per heavy atom. The van der Waals surface area contributed by atoms with Crippen LogP contribution < -0.4 is 10.2 Å². The van der Waals surface area contributed by atoms with Crippen LogP contribution in [0.15, 0.2) is 46.9 Å². The van der Waals surface area contributed by atoms with Gasteiger partial charge in [-0.25, -0.2) is 4.79 Å². The van der Waals surface area contributed by atoms with E-state index in [2.05, 4.69) is 57.3 Å². The zero-order chi connectivity index (χ0) is 17.1. The molecule has 0 saturated carbocycles. The van der Waals surface area contributed by atoms with E-state index in [9.17, 15) is 4.79 Å². The van der Waals surface area contributed by atoms with Crippen LogP contribution in [-0.4, -0.2) is 37.1 Å². The van der Waals surface area contributed by atoms with Crippen LogP contribution in [0.5, 0.6) is 0 Å². The number of urea groups is 1. The number of amides is 2. The molecule has 4 nitrogen and oxygen atoms in total. The molecule has 2 aromatic carbocycles. The Bertz CT molecular complexity index is 722. The van der Waals surface area contributed by atoms with E-state index in [4.69, 9.17) is 0 Å². The number of anilines is 2. The van der Waals surface area contributed by atoms with Crippen LogP contribution in [0.4, 0.5) is 16.2 Å². The largest absolute Gasteiger partial charge is 0.368 e. The highest BCUT2D eigenvalue weighted by Crippen LogP contribution is 2.24. The predicted molar refractivity (Wildman–Crippen MR) is 103 cm³/mol. The number of nitrogens with zero attached hydrogens (tertiary/aromatic N) is 2. The molecule has 1 saturated heterocycles. The average Bonchev–Trinajstić information content (AvgIpc) is 2.58. The molecule has 0 unspecified atom stereocenters. The highest BCUT2D eigenvalue weighted by molar-refractivity contribution is 9.10. The van der Waals surface area contributed by atoms with Gasteiger partial charge in [0, 0.05) is 36.3 Å². The van der Waals surface area contributed by atoms with Crippen molar-refractivity contribution in [1.82, 2.24) is 4.90 Å². The number of piperazine rings is 1. The molecule has 3 rings (SSSR count). The average molecular weight is 388 g/mol. The zero-order valence-electron chi connectivity index (χ0n) is 14.1. The summed E-state index contributed by atoms with van der Waals surface area (Å²) < 4.78 is 0.911. The molecule has 2 aromatic rings. The Morgan fingerprint density at radius 3 is 2.21 bits per heavy atom. The Balaban J connectivity index is 1.58. The van der Waals surface area contributed by atoms with Gasteiger partial charge in [-0.05, 0) is 59.6 Å². The van der Waals surface area contributed by atoms with E-state index in [1.165, 1.54) is 11.3 Å². The third kappa shape index (κ3) is 3.90. The van der Waals surface area contributed by atoms with Crippen molar-refractivity contribution in [3.63, 3.8) is 0 Å². The minimum Gasteiger partial charge on any atom is -0.368 e. The zero-order valence-corrected chi connectivity index (χ0v) is 15.6. The van der Waals surface area contributed by atoms with Gasteiger partial charge in [0.05, 0.1) is 5.69 Å². The van der Waals surface area contributed by atoms with E-state index in [1.54, 1.807) is 0 Å².